The lowest BCUT2D eigenvalue weighted by Gasteiger charge is -2.26. The van der Waals surface area contributed by atoms with Gasteiger partial charge in [-0.15, -0.1) is 0 Å². The van der Waals surface area contributed by atoms with Crippen molar-refractivity contribution in [3.63, 3.8) is 0 Å². The van der Waals surface area contributed by atoms with Crippen molar-refractivity contribution >= 4 is 53.1 Å². The molecule has 2 aromatic rings. The SMILES string of the molecule is O=S(=O)(c1ccc(Cl)c(S(=O)(=O)N2CCCCC2)c1)c1ccc(Cl)c(S(=O)(=O)N2CCCCC2)c1. The Morgan fingerprint density at radius 1 is 0.543 bits per heavy atom. The Balaban J connectivity index is 1.75. The Morgan fingerprint density at radius 2 is 0.886 bits per heavy atom. The molecule has 0 spiro atoms. The Kier molecular flexibility index (Phi) is 7.88. The Hall–Kier alpha value is -1.21. The molecule has 2 fully saturated rings. The second-order valence-electron chi connectivity index (χ2n) is 8.62. The van der Waals surface area contributed by atoms with Crippen molar-refractivity contribution in [2.75, 3.05) is 26.2 Å². The lowest BCUT2D eigenvalue weighted by Crippen LogP contribution is -2.36. The summed E-state index contributed by atoms with van der Waals surface area (Å²) in [6.45, 7) is 1.35. The fraction of sp³-hybridized carbons (Fsp3) is 0.455. The Bertz CT molecular complexity index is 1330. The van der Waals surface area contributed by atoms with Crippen molar-refractivity contribution in [3.8, 4) is 0 Å². The van der Waals surface area contributed by atoms with Crippen molar-refractivity contribution in [1.82, 2.24) is 8.61 Å². The van der Waals surface area contributed by atoms with Gasteiger partial charge in [0.05, 0.1) is 19.8 Å². The number of nitrogens with zero attached hydrogens (tertiary/aromatic N) is 2. The molecule has 0 aromatic heterocycles. The second kappa shape index (κ2) is 10.3. The zero-order chi connectivity index (χ0) is 25.4. The first-order valence-corrected chi connectivity index (χ1v) is 16.4. The second-order valence-corrected chi connectivity index (χ2v) is 15.2. The van der Waals surface area contributed by atoms with E-state index in [9.17, 15) is 25.3 Å². The summed E-state index contributed by atoms with van der Waals surface area (Å²) in [4.78, 5) is -1.20. The molecule has 2 heterocycles. The average molecular weight is 582 g/mol. The maximum absolute atomic E-state index is 13.5. The molecule has 0 bridgehead atoms. The Morgan fingerprint density at radius 3 is 1.23 bits per heavy atom. The maximum Gasteiger partial charge on any atom is 0.244 e. The van der Waals surface area contributed by atoms with Gasteiger partial charge in [0.15, 0.2) is 0 Å². The first-order valence-electron chi connectivity index (χ1n) is 11.3. The third-order valence-electron chi connectivity index (χ3n) is 6.29. The van der Waals surface area contributed by atoms with Gasteiger partial charge in [-0.05, 0) is 62.1 Å². The minimum absolute atomic E-state index is 0.0843. The average Bonchev–Trinajstić information content (AvgIpc) is 2.85. The molecule has 0 unspecified atom stereocenters. The van der Waals surface area contributed by atoms with Crippen LogP contribution in [0, 0.1) is 0 Å². The van der Waals surface area contributed by atoms with Crippen molar-refractivity contribution in [1.29, 1.82) is 0 Å². The third-order valence-corrected chi connectivity index (χ3v) is 12.8. The topological polar surface area (TPSA) is 109 Å². The fourth-order valence-electron chi connectivity index (χ4n) is 4.32. The summed E-state index contributed by atoms with van der Waals surface area (Å²) in [5.74, 6) is 0. The predicted octanol–water partition coefficient (Wildman–Crippen LogP) is 4.18. The quantitative estimate of drug-likeness (QED) is 0.507. The molecule has 192 valence electrons. The molecule has 0 amide bonds. The smallest absolute Gasteiger partial charge is 0.219 e. The van der Waals surface area contributed by atoms with E-state index in [-0.39, 0.29) is 29.6 Å². The predicted molar refractivity (Wildman–Crippen MR) is 134 cm³/mol. The van der Waals surface area contributed by atoms with E-state index in [0.717, 1.165) is 25.0 Å². The molecule has 13 heteroatoms. The number of sulfonamides is 2. The zero-order valence-electron chi connectivity index (χ0n) is 18.9. The van der Waals surface area contributed by atoms with Gasteiger partial charge in [0.2, 0.25) is 29.9 Å². The van der Waals surface area contributed by atoms with Crippen molar-refractivity contribution in [2.45, 2.75) is 58.1 Å². The van der Waals surface area contributed by atoms with Gasteiger partial charge in [-0.25, -0.2) is 25.3 Å². The number of halogens is 2. The van der Waals surface area contributed by atoms with Crippen molar-refractivity contribution in [2.24, 2.45) is 0 Å². The molecular weight excluding hydrogens is 555 g/mol. The number of piperidine rings is 2. The standard InChI is InChI=1S/C22H26Cl2N2O6S3/c23-19-9-7-17(15-21(19)34(29,30)25-11-3-1-4-12-25)33(27,28)18-8-10-20(24)22(16-18)35(31,32)26-13-5-2-6-14-26/h7-10,15-16H,1-6,11-14H2. The van der Waals surface area contributed by atoms with E-state index in [1.165, 1.54) is 32.9 Å². The van der Waals surface area contributed by atoms with Gasteiger partial charge in [-0.2, -0.15) is 8.61 Å². The van der Waals surface area contributed by atoms with E-state index >= 15 is 0 Å². The number of hydrogen-bond acceptors (Lipinski definition) is 6. The summed E-state index contributed by atoms with van der Waals surface area (Å²) in [5, 5.41) is -0.169. The highest BCUT2D eigenvalue weighted by molar-refractivity contribution is 7.92. The molecule has 2 aliphatic heterocycles. The van der Waals surface area contributed by atoms with E-state index in [1.54, 1.807) is 0 Å². The van der Waals surface area contributed by atoms with Crippen LogP contribution in [0.2, 0.25) is 10.0 Å². The summed E-state index contributed by atoms with van der Waals surface area (Å²) in [6.07, 6.45) is 4.71. The molecule has 0 atom stereocenters. The molecule has 0 aliphatic carbocycles. The number of benzene rings is 2. The summed E-state index contributed by atoms with van der Waals surface area (Å²) >= 11 is 12.4. The molecule has 2 aliphatic rings. The summed E-state index contributed by atoms with van der Waals surface area (Å²) < 4.78 is 82.2. The van der Waals surface area contributed by atoms with Crippen molar-refractivity contribution in [3.05, 3.63) is 46.4 Å². The monoisotopic (exact) mass is 580 g/mol. The van der Waals surface area contributed by atoms with Gasteiger partial charge in [-0.3, -0.25) is 0 Å². The van der Waals surface area contributed by atoms with Crippen LogP contribution in [0.15, 0.2) is 56.0 Å². The van der Waals surface area contributed by atoms with Crippen LogP contribution in [0.1, 0.15) is 38.5 Å². The number of rotatable bonds is 6. The molecule has 35 heavy (non-hydrogen) atoms. The Labute approximate surface area is 216 Å². The number of hydrogen-bond donors (Lipinski definition) is 0. The van der Waals surface area contributed by atoms with Gasteiger partial charge < -0.3 is 0 Å². The van der Waals surface area contributed by atoms with Gasteiger partial charge in [0.1, 0.15) is 9.79 Å². The highest BCUT2D eigenvalue weighted by Gasteiger charge is 2.32. The van der Waals surface area contributed by atoms with Gasteiger partial charge in [0.25, 0.3) is 0 Å². The number of sulfone groups is 1. The van der Waals surface area contributed by atoms with E-state index in [4.69, 9.17) is 23.2 Å². The van der Waals surface area contributed by atoms with Gasteiger partial charge in [-0.1, -0.05) is 36.0 Å². The zero-order valence-corrected chi connectivity index (χ0v) is 22.8. The summed E-state index contributed by atoms with van der Waals surface area (Å²) in [7, 11) is -12.3. The lowest BCUT2D eigenvalue weighted by atomic mass is 10.2. The molecule has 0 radical (unpaired) electrons. The molecule has 8 nitrogen and oxygen atoms in total. The highest BCUT2D eigenvalue weighted by Crippen LogP contribution is 2.34. The van der Waals surface area contributed by atoms with Gasteiger partial charge in [0, 0.05) is 26.2 Å². The van der Waals surface area contributed by atoms with E-state index in [0.29, 0.717) is 51.9 Å². The van der Waals surface area contributed by atoms with E-state index in [2.05, 4.69) is 0 Å². The summed E-state index contributed by atoms with van der Waals surface area (Å²) in [6, 6.07) is 6.95. The van der Waals surface area contributed by atoms with E-state index < -0.39 is 29.9 Å². The molecule has 2 aromatic carbocycles. The lowest BCUT2D eigenvalue weighted by molar-refractivity contribution is 0.346. The minimum atomic E-state index is -4.28. The van der Waals surface area contributed by atoms with Crippen LogP contribution in [-0.2, 0) is 29.9 Å². The van der Waals surface area contributed by atoms with Crippen LogP contribution in [0.5, 0.6) is 0 Å². The van der Waals surface area contributed by atoms with Crippen molar-refractivity contribution < 1.29 is 25.3 Å². The first-order chi connectivity index (χ1) is 16.5. The fourth-order valence-corrected chi connectivity index (χ4v) is 9.82. The van der Waals surface area contributed by atoms with Crippen LogP contribution in [-0.4, -0.2) is 60.0 Å². The molecule has 2 saturated heterocycles. The summed E-state index contributed by atoms with van der Waals surface area (Å²) in [5.41, 5.74) is 0. The van der Waals surface area contributed by atoms with Gasteiger partial charge >= 0.3 is 0 Å². The first kappa shape index (κ1) is 26.8. The van der Waals surface area contributed by atoms with Crippen LogP contribution in [0.4, 0.5) is 0 Å². The van der Waals surface area contributed by atoms with Crippen LogP contribution >= 0.6 is 23.2 Å². The third kappa shape index (κ3) is 5.27. The van der Waals surface area contributed by atoms with Crippen LogP contribution in [0.25, 0.3) is 0 Å². The van der Waals surface area contributed by atoms with Crippen LogP contribution < -0.4 is 0 Å². The maximum atomic E-state index is 13.5. The molecule has 0 saturated carbocycles. The van der Waals surface area contributed by atoms with E-state index in [1.807, 2.05) is 0 Å². The molecular formula is C22H26Cl2N2O6S3. The normalized spacial score (nSPS) is 19.0. The minimum Gasteiger partial charge on any atom is -0.219 e. The largest absolute Gasteiger partial charge is 0.244 e. The molecule has 0 N–H and O–H groups in total. The van der Waals surface area contributed by atoms with Crippen LogP contribution in [0.3, 0.4) is 0 Å². The highest BCUT2D eigenvalue weighted by atomic mass is 35.5. The molecule has 4 rings (SSSR count).